The van der Waals surface area contributed by atoms with Crippen LogP contribution in [-0.2, 0) is 0 Å². The lowest BCUT2D eigenvalue weighted by atomic mass is 10.3. The first-order valence-electron chi connectivity index (χ1n) is 7.62. The molecule has 4 nitrogen and oxygen atoms in total. The highest BCUT2D eigenvalue weighted by atomic mass is 15.3. The number of benzene rings is 1. The predicted octanol–water partition coefficient (Wildman–Crippen LogP) is 3.79. The van der Waals surface area contributed by atoms with E-state index in [2.05, 4.69) is 53.8 Å². The molecular weight excluding hydrogens is 260 g/mol. The van der Waals surface area contributed by atoms with Gasteiger partial charge >= 0.3 is 0 Å². The zero-order valence-electron chi connectivity index (χ0n) is 13.4. The Morgan fingerprint density at radius 3 is 2.14 bits per heavy atom. The second kappa shape index (κ2) is 7.07. The largest absolute Gasteiger partial charge is 0.357 e. The summed E-state index contributed by atoms with van der Waals surface area (Å²) >= 11 is 0. The molecule has 0 N–H and O–H groups in total. The van der Waals surface area contributed by atoms with Gasteiger partial charge in [0.2, 0.25) is 5.95 Å². The molecule has 1 heterocycles. The summed E-state index contributed by atoms with van der Waals surface area (Å²) in [6.07, 6.45) is 0. The van der Waals surface area contributed by atoms with E-state index in [0.29, 0.717) is 0 Å². The van der Waals surface area contributed by atoms with Crippen molar-refractivity contribution < 1.29 is 0 Å². The molecule has 0 unspecified atom stereocenters. The van der Waals surface area contributed by atoms with Gasteiger partial charge in [0.15, 0.2) is 0 Å². The second-order valence-corrected chi connectivity index (χ2v) is 4.92. The summed E-state index contributed by atoms with van der Waals surface area (Å²) in [7, 11) is 0. The van der Waals surface area contributed by atoms with Gasteiger partial charge in [0.25, 0.3) is 0 Å². The van der Waals surface area contributed by atoms with Gasteiger partial charge in [0.05, 0.1) is 0 Å². The van der Waals surface area contributed by atoms with Crippen LogP contribution in [0.15, 0.2) is 36.4 Å². The molecule has 0 aliphatic rings. The normalized spacial score (nSPS) is 10.5. The molecule has 2 rings (SSSR count). The smallest absolute Gasteiger partial charge is 0.232 e. The van der Waals surface area contributed by atoms with Crippen LogP contribution >= 0.6 is 0 Å². The Morgan fingerprint density at radius 2 is 1.57 bits per heavy atom. The SMILES string of the molecule is CCN(CC)c1cc(C)nc(N(CC)c2ccccc2)n1. The average molecular weight is 284 g/mol. The molecule has 0 spiro atoms. The van der Waals surface area contributed by atoms with Crippen LogP contribution in [0.25, 0.3) is 0 Å². The third-order valence-corrected chi connectivity index (χ3v) is 3.54. The number of aromatic nitrogens is 2. The van der Waals surface area contributed by atoms with E-state index in [0.717, 1.165) is 42.8 Å². The van der Waals surface area contributed by atoms with Crippen LogP contribution in [0.3, 0.4) is 0 Å². The molecule has 0 atom stereocenters. The molecular formula is C17H24N4. The maximum Gasteiger partial charge on any atom is 0.232 e. The Hall–Kier alpha value is -2.10. The van der Waals surface area contributed by atoms with E-state index in [1.165, 1.54) is 0 Å². The first kappa shape index (κ1) is 15.3. The predicted molar refractivity (Wildman–Crippen MR) is 89.5 cm³/mol. The molecule has 0 bridgehead atoms. The van der Waals surface area contributed by atoms with E-state index in [4.69, 9.17) is 4.98 Å². The van der Waals surface area contributed by atoms with Crippen molar-refractivity contribution in [2.24, 2.45) is 0 Å². The van der Waals surface area contributed by atoms with Crippen molar-refractivity contribution in [3.05, 3.63) is 42.1 Å². The van der Waals surface area contributed by atoms with E-state index in [9.17, 15) is 0 Å². The van der Waals surface area contributed by atoms with Gasteiger partial charge < -0.3 is 9.80 Å². The minimum atomic E-state index is 0.769. The standard InChI is InChI=1S/C17H24N4/c1-5-20(6-2)16-13-14(4)18-17(19-16)21(7-3)15-11-9-8-10-12-15/h8-13H,5-7H2,1-4H3. The fourth-order valence-electron chi connectivity index (χ4n) is 2.41. The minimum absolute atomic E-state index is 0.769. The number of hydrogen-bond acceptors (Lipinski definition) is 4. The molecule has 2 aromatic rings. The van der Waals surface area contributed by atoms with Gasteiger partial charge in [-0.3, -0.25) is 0 Å². The Morgan fingerprint density at radius 1 is 0.905 bits per heavy atom. The molecule has 1 aromatic heterocycles. The van der Waals surface area contributed by atoms with E-state index in [1.54, 1.807) is 0 Å². The van der Waals surface area contributed by atoms with Gasteiger partial charge in [-0.05, 0) is 39.8 Å². The summed E-state index contributed by atoms with van der Waals surface area (Å²) in [6.45, 7) is 11.2. The van der Waals surface area contributed by atoms with E-state index in [1.807, 2.05) is 25.1 Å². The lowest BCUT2D eigenvalue weighted by molar-refractivity contribution is 0.830. The minimum Gasteiger partial charge on any atom is -0.357 e. The monoisotopic (exact) mass is 284 g/mol. The summed E-state index contributed by atoms with van der Waals surface area (Å²) < 4.78 is 0. The third-order valence-electron chi connectivity index (χ3n) is 3.54. The molecule has 21 heavy (non-hydrogen) atoms. The van der Waals surface area contributed by atoms with E-state index < -0.39 is 0 Å². The van der Waals surface area contributed by atoms with Crippen molar-refractivity contribution in [3.63, 3.8) is 0 Å². The summed E-state index contributed by atoms with van der Waals surface area (Å²) in [5.74, 6) is 1.77. The molecule has 0 amide bonds. The molecule has 0 fully saturated rings. The number of anilines is 3. The molecule has 0 saturated heterocycles. The van der Waals surface area contributed by atoms with Crippen molar-refractivity contribution >= 4 is 17.5 Å². The number of rotatable bonds is 6. The quantitative estimate of drug-likeness (QED) is 0.808. The highest BCUT2D eigenvalue weighted by Gasteiger charge is 2.13. The molecule has 0 saturated carbocycles. The molecule has 1 aromatic carbocycles. The van der Waals surface area contributed by atoms with Crippen molar-refractivity contribution in [1.82, 2.24) is 9.97 Å². The fourth-order valence-corrected chi connectivity index (χ4v) is 2.41. The van der Waals surface area contributed by atoms with Crippen molar-refractivity contribution in [2.75, 3.05) is 29.4 Å². The zero-order chi connectivity index (χ0) is 15.2. The van der Waals surface area contributed by atoms with E-state index in [-0.39, 0.29) is 0 Å². The first-order valence-corrected chi connectivity index (χ1v) is 7.62. The van der Waals surface area contributed by atoms with Crippen LogP contribution < -0.4 is 9.80 Å². The number of para-hydroxylation sites is 1. The van der Waals surface area contributed by atoms with Gasteiger partial charge in [-0.1, -0.05) is 18.2 Å². The van der Waals surface area contributed by atoms with Gasteiger partial charge in [-0.15, -0.1) is 0 Å². The Bertz CT molecular complexity index is 564. The van der Waals surface area contributed by atoms with Gasteiger partial charge in [0, 0.05) is 37.1 Å². The third kappa shape index (κ3) is 3.51. The van der Waals surface area contributed by atoms with Gasteiger partial charge in [-0.25, -0.2) is 4.98 Å². The highest BCUT2D eigenvalue weighted by molar-refractivity contribution is 5.58. The summed E-state index contributed by atoms with van der Waals surface area (Å²) in [5.41, 5.74) is 2.12. The molecule has 0 radical (unpaired) electrons. The Kier molecular flexibility index (Phi) is 5.14. The van der Waals surface area contributed by atoms with E-state index >= 15 is 0 Å². The average Bonchev–Trinajstić information content (AvgIpc) is 2.50. The van der Waals surface area contributed by atoms with Crippen LogP contribution in [-0.4, -0.2) is 29.6 Å². The Balaban J connectivity index is 2.42. The first-order chi connectivity index (χ1) is 10.2. The van der Waals surface area contributed by atoms with Crippen molar-refractivity contribution in [1.29, 1.82) is 0 Å². The second-order valence-electron chi connectivity index (χ2n) is 4.92. The topological polar surface area (TPSA) is 32.3 Å². The summed E-state index contributed by atoms with van der Waals surface area (Å²) in [4.78, 5) is 13.8. The lowest BCUT2D eigenvalue weighted by Crippen LogP contribution is -2.25. The molecule has 4 heteroatoms. The highest BCUT2D eigenvalue weighted by Crippen LogP contribution is 2.24. The van der Waals surface area contributed by atoms with Crippen molar-refractivity contribution in [3.8, 4) is 0 Å². The van der Waals surface area contributed by atoms with Crippen LogP contribution in [0, 0.1) is 6.92 Å². The number of hydrogen-bond donors (Lipinski definition) is 0. The van der Waals surface area contributed by atoms with Gasteiger partial charge in [-0.2, -0.15) is 4.98 Å². The van der Waals surface area contributed by atoms with Crippen LogP contribution in [0.4, 0.5) is 17.5 Å². The van der Waals surface area contributed by atoms with Crippen LogP contribution in [0.1, 0.15) is 26.5 Å². The summed E-state index contributed by atoms with van der Waals surface area (Å²) in [5, 5.41) is 0. The fraction of sp³-hybridized carbons (Fsp3) is 0.412. The zero-order valence-corrected chi connectivity index (χ0v) is 13.4. The van der Waals surface area contributed by atoms with Crippen LogP contribution in [0.5, 0.6) is 0 Å². The maximum atomic E-state index is 4.76. The van der Waals surface area contributed by atoms with Crippen molar-refractivity contribution in [2.45, 2.75) is 27.7 Å². The summed E-state index contributed by atoms with van der Waals surface area (Å²) in [6, 6.07) is 12.3. The van der Waals surface area contributed by atoms with Gasteiger partial charge in [0.1, 0.15) is 5.82 Å². The Labute approximate surface area is 127 Å². The molecule has 0 aliphatic heterocycles. The maximum absolute atomic E-state index is 4.76. The number of aryl methyl sites for hydroxylation is 1. The number of nitrogens with zero attached hydrogens (tertiary/aromatic N) is 4. The molecule has 0 aliphatic carbocycles. The lowest BCUT2D eigenvalue weighted by Gasteiger charge is -2.25. The van der Waals surface area contributed by atoms with Crippen LogP contribution in [0.2, 0.25) is 0 Å². The molecule has 112 valence electrons.